The van der Waals surface area contributed by atoms with E-state index < -0.39 is 6.10 Å². The van der Waals surface area contributed by atoms with E-state index in [0.29, 0.717) is 12.8 Å². The largest absolute Gasteiger partial charge is 0.393 e. The van der Waals surface area contributed by atoms with Gasteiger partial charge in [-0.05, 0) is 13.8 Å². The van der Waals surface area contributed by atoms with E-state index in [4.69, 9.17) is 9.84 Å². The van der Waals surface area contributed by atoms with Gasteiger partial charge in [0.1, 0.15) is 0 Å². The minimum Gasteiger partial charge on any atom is -0.393 e. The van der Waals surface area contributed by atoms with Crippen molar-refractivity contribution in [2.75, 3.05) is 0 Å². The van der Waals surface area contributed by atoms with E-state index in [1.165, 1.54) is 0 Å². The molecular formula is C8H16O3. The first-order valence-corrected chi connectivity index (χ1v) is 4.11. The molecule has 3 nitrogen and oxygen atoms in total. The molecule has 3 atom stereocenters. The van der Waals surface area contributed by atoms with Gasteiger partial charge in [-0.3, -0.25) is 0 Å². The van der Waals surface area contributed by atoms with E-state index in [2.05, 4.69) is 0 Å². The van der Waals surface area contributed by atoms with Crippen LogP contribution < -0.4 is 0 Å². The van der Waals surface area contributed by atoms with Crippen LogP contribution in [-0.2, 0) is 4.74 Å². The SMILES string of the molecule is CC(C)OC1CC(O)CC1O. The second kappa shape index (κ2) is 3.52. The number of aliphatic hydroxyl groups excluding tert-OH is 2. The normalized spacial score (nSPS) is 38.5. The summed E-state index contributed by atoms with van der Waals surface area (Å²) >= 11 is 0. The van der Waals surface area contributed by atoms with Crippen LogP contribution in [0.2, 0.25) is 0 Å². The van der Waals surface area contributed by atoms with E-state index in [1.807, 2.05) is 13.8 Å². The smallest absolute Gasteiger partial charge is 0.0862 e. The fourth-order valence-corrected chi connectivity index (χ4v) is 1.45. The average molecular weight is 160 g/mol. The van der Waals surface area contributed by atoms with Crippen molar-refractivity contribution < 1.29 is 14.9 Å². The Morgan fingerprint density at radius 3 is 2.27 bits per heavy atom. The number of ether oxygens (including phenoxy) is 1. The highest BCUT2D eigenvalue weighted by Crippen LogP contribution is 2.23. The third-order valence-electron chi connectivity index (χ3n) is 1.89. The van der Waals surface area contributed by atoms with Crippen molar-refractivity contribution in [2.45, 2.75) is 51.1 Å². The lowest BCUT2D eigenvalue weighted by Crippen LogP contribution is -2.25. The summed E-state index contributed by atoms with van der Waals surface area (Å²) in [4.78, 5) is 0. The molecule has 0 heterocycles. The highest BCUT2D eigenvalue weighted by atomic mass is 16.5. The minimum absolute atomic E-state index is 0.125. The molecule has 11 heavy (non-hydrogen) atoms. The Balaban J connectivity index is 2.34. The Labute approximate surface area is 67.0 Å². The molecule has 1 rings (SSSR count). The lowest BCUT2D eigenvalue weighted by Gasteiger charge is -2.17. The molecule has 0 bridgehead atoms. The average Bonchev–Trinajstić information content (AvgIpc) is 2.09. The molecule has 0 aromatic heterocycles. The van der Waals surface area contributed by atoms with E-state index in [9.17, 15) is 5.11 Å². The van der Waals surface area contributed by atoms with Gasteiger partial charge < -0.3 is 14.9 Å². The van der Waals surface area contributed by atoms with E-state index >= 15 is 0 Å². The van der Waals surface area contributed by atoms with Gasteiger partial charge in [-0.2, -0.15) is 0 Å². The van der Waals surface area contributed by atoms with Crippen molar-refractivity contribution in [3.63, 3.8) is 0 Å². The van der Waals surface area contributed by atoms with E-state index in [0.717, 1.165) is 0 Å². The molecule has 0 aromatic carbocycles. The van der Waals surface area contributed by atoms with Gasteiger partial charge in [0.2, 0.25) is 0 Å². The van der Waals surface area contributed by atoms with Crippen LogP contribution in [0.1, 0.15) is 26.7 Å². The molecular weight excluding hydrogens is 144 g/mol. The van der Waals surface area contributed by atoms with Crippen molar-refractivity contribution in [1.82, 2.24) is 0 Å². The second-order valence-corrected chi connectivity index (χ2v) is 3.42. The van der Waals surface area contributed by atoms with Gasteiger partial charge in [-0.25, -0.2) is 0 Å². The van der Waals surface area contributed by atoms with Crippen LogP contribution in [0, 0.1) is 0 Å². The molecule has 3 heteroatoms. The maximum absolute atomic E-state index is 9.32. The molecule has 0 aliphatic heterocycles. The second-order valence-electron chi connectivity index (χ2n) is 3.42. The molecule has 2 N–H and O–H groups in total. The van der Waals surface area contributed by atoms with Crippen LogP contribution in [0.5, 0.6) is 0 Å². The van der Waals surface area contributed by atoms with Crippen LogP contribution in [0.3, 0.4) is 0 Å². The standard InChI is InChI=1S/C8H16O3/c1-5(2)11-8-4-6(9)3-7(8)10/h5-10H,3-4H2,1-2H3. The van der Waals surface area contributed by atoms with Gasteiger partial charge in [-0.1, -0.05) is 0 Å². The molecule has 0 aromatic rings. The fourth-order valence-electron chi connectivity index (χ4n) is 1.45. The first-order chi connectivity index (χ1) is 5.09. The quantitative estimate of drug-likeness (QED) is 0.610. The minimum atomic E-state index is -0.479. The molecule has 0 spiro atoms. The summed E-state index contributed by atoms with van der Waals surface area (Å²) in [7, 11) is 0. The third-order valence-corrected chi connectivity index (χ3v) is 1.89. The van der Waals surface area contributed by atoms with Crippen molar-refractivity contribution in [2.24, 2.45) is 0 Å². The van der Waals surface area contributed by atoms with Crippen molar-refractivity contribution in [3.05, 3.63) is 0 Å². The molecule has 3 unspecified atom stereocenters. The predicted molar refractivity (Wildman–Crippen MR) is 41.3 cm³/mol. The first-order valence-electron chi connectivity index (χ1n) is 4.11. The summed E-state index contributed by atoms with van der Waals surface area (Å²) in [5.74, 6) is 0. The molecule has 1 fully saturated rings. The number of hydrogen-bond acceptors (Lipinski definition) is 3. The number of aliphatic hydroxyl groups is 2. The third kappa shape index (κ3) is 2.43. The predicted octanol–water partition coefficient (Wildman–Crippen LogP) is 0.296. The van der Waals surface area contributed by atoms with Gasteiger partial charge in [0.05, 0.1) is 24.4 Å². The molecule has 1 saturated carbocycles. The van der Waals surface area contributed by atoms with Crippen molar-refractivity contribution in [3.8, 4) is 0 Å². The van der Waals surface area contributed by atoms with Gasteiger partial charge in [0.25, 0.3) is 0 Å². The Morgan fingerprint density at radius 2 is 1.91 bits per heavy atom. The molecule has 66 valence electrons. The zero-order chi connectivity index (χ0) is 8.43. The maximum Gasteiger partial charge on any atom is 0.0862 e. The molecule has 0 saturated heterocycles. The van der Waals surface area contributed by atoms with Gasteiger partial charge in [0, 0.05) is 12.8 Å². The molecule has 1 aliphatic rings. The summed E-state index contributed by atoms with van der Waals surface area (Å²) in [5.41, 5.74) is 0. The van der Waals surface area contributed by atoms with Crippen LogP contribution in [0.15, 0.2) is 0 Å². The van der Waals surface area contributed by atoms with Crippen LogP contribution >= 0.6 is 0 Å². The van der Waals surface area contributed by atoms with Gasteiger partial charge in [0.15, 0.2) is 0 Å². The van der Waals surface area contributed by atoms with Gasteiger partial charge in [-0.15, -0.1) is 0 Å². The lowest BCUT2D eigenvalue weighted by molar-refractivity contribution is -0.0489. The van der Waals surface area contributed by atoms with Crippen LogP contribution in [0.4, 0.5) is 0 Å². The van der Waals surface area contributed by atoms with Gasteiger partial charge >= 0.3 is 0 Å². The highest BCUT2D eigenvalue weighted by molar-refractivity contribution is 4.83. The zero-order valence-electron chi connectivity index (χ0n) is 7.03. The topological polar surface area (TPSA) is 49.7 Å². The summed E-state index contributed by atoms with van der Waals surface area (Å²) in [6.45, 7) is 3.86. The molecule has 1 aliphatic carbocycles. The van der Waals surface area contributed by atoms with Crippen molar-refractivity contribution >= 4 is 0 Å². The summed E-state index contributed by atoms with van der Waals surface area (Å²) in [5, 5.41) is 18.5. The number of hydrogen-bond donors (Lipinski definition) is 2. The zero-order valence-corrected chi connectivity index (χ0v) is 7.03. The summed E-state index contributed by atoms with van der Waals surface area (Å²) in [6, 6.07) is 0. The Morgan fingerprint density at radius 1 is 1.27 bits per heavy atom. The summed E-state index contributed by atoms with van der Waals surface area (Å²) < 4.78 is 5.38. The Hall–Kier alpha value is -0.120. The van der Waals surface area contributed by atoms with Crippen LogP contribution in [-0.4, -0.2) is 34.6 Å². The fraction of sp³-hybridized carbons (Fsp3) is 1.00. The monoisotopic (exact) mass is 160 g/mol. The maximum atomic E-state index is 9.32. The van der Waals surface area contributed by atoms with E-state index in [1.54, 1.807) is 0 Å². The summed E-state index contributed by atoms with van der Waals surface area (Å²) in [6.07, 6.45) is 0.127. The molecule has 0 amide bonds. The first kappa shape index (κ1) is 8.97. The Bertz CT molecular complexity index is 125. The van der Waals surface area contributed by atoms with Crippen LogP contribution in [0.25, 0.3) is 0 Å². The molecule has 0 radical (unpaired) electrons. The Kier molecular flexibility index (Phi) is 2.87. The van der Waals surface area contributed by atoms with Crippen molar-refractivity contribution in [1.29, 1.82) is 0 Å². The number of rotatable bonds is 2. The van der Waals surface area contributed by atoms with E-state index in [-0.39, 0.29) is 18.3 Å². The highest BCUT2D eigenvalue weighted by Gasteiger charge is 2.32. The lowest BCUT2D eigenvalue weighted by atomic mass is 10.2.